The molecule has 3 heterocycles. The molecule has 1 aromatic carbocycles. The summed E-state index contributed by atoms with van der Waals surface area (Å²) in [6, 6.07) is 1.04. The smallest absolute Gasteiger partial charge is 0.374 e. The van der Waals surface area contributed by atoms with Gasteiger partial charge in [-0.3, -0.25) is 9.48 Å². The first kappa shape index (κ1) is 26.8. The number of benzene rings is 1. The molecule has 4 rings (SSSR count). The molecule has 37 heavy (non-hydrogen) atoms. The number of ether oxygens (including phenoxy) is 1. The molecule has 14 heteroatoms. The number of carbonyl (C=O) groups excluding carboxylic acids is 2. The van der Waals surface area contributed by atoms with Crippen molar-refractivity contribution in [1.29, 1.82) is 0 Å². The SMILES string of the molecule is C[C@@H]1Cc2nn3c(c2CN1C(=O)Nc1ccc(F)c(C(F)(F)F)c1)C(=O)N(C)C[C@H](OCCC(F)F)C3. The Morgan fingerprint density at radius 1 is 1.27 bits per heavy atom. The first-order valence-corrected chi connectivity index (χ1v) is 11.5. The van der Waals surface area contributed by atoms with E-state index >= 15 is 0 Å². The molecule has 1 N–H and O–H groups in total. The van der Waals surface area contributed by atoms with Gasteiger partial charge in [0.1, 0.15) is 11.5 Å². The van der Waals surface area contributed by atoms with Gasteiger partial charge in [-0.2, -0.15) is 18.3 Å². The third-order valence-corrected chi connectivity index (χ3v) is 6.36. The van der Waals surface area contributed by atoms with Crippen LogP contribution < -0.4 is 5.32 Å². The largest absolute Gasteiger partial charge is 0.419 e. The normalized spacial score (nSPS) is 20.1. The van der Waals surface area contributed by atoms with Crippen molar-refractivity contribution in [1.82, 2.24) is 19.6 Å². The van der Waals surface area contributed by atoms with Crippen LogP contribution in [0.1, 0.15) is 40.7 Å². The first-order valence-electron chi connectivity index (χ1n) is 11.5. The Balaban J connectivity index is 1.55. The molecule has 202 valence electrons. The van der Waals surface area contributed by atoms with E-state index in [-0.39, 0.29) is 50.0 Å². The third-order valence-electron chi connectivity index (χ3n) is 6.36. The molecule has 0 radical (unpaired) electrons. The van der Waals surface area contributed by atoms with E-state index in [2.05, 4.69) is 10.4 Å². The highest BCUT2D eigenvalue weighted by atomic mass is 19.4. The van der Waals surface area contributed by atoms with Gasteiger partial charge < -0.3 is 19.9 Å². The molecule has 0 spiro atoms. The van der Waals surface area contributed by atoms with Gasteiger partial charge >= 0.3 is 12.2 Å². The molecular formula is C23H25F6N5O3. The Bertz CT molecular complexity index is 1180. The molecule has 0 fully saturated rings. The van der Waals surface area contributed by atoms with E-state index in [4.69, 9.17) is 4.74 Å². The van der Waals surface area contributed by atoms with Crippen LogP contribution in [0.5, 0.6) is 0 Å². The van der Waals surface area contributed by atoms with Crippen molar-refractivity contribution in [2.75, 3.05) is 25.5 Å². The van der Waals surface area contributed by atoms with Crippen molar-refractivity contribution in [2.24, 2.45) is 0 Å². The molecule has 2 aliphatic rings. The van der Waals surface area contributed by atoms with E-state index in [1.54, 1.807) is 14.0 Å². The second kappa shape index (κ2) is 10.2. The molecular weight excluding hydrogens is 508 g/mol. The topological polar surface area (TPSA) is 79.7 Å². The van der Waals surface area contributed by atoms with Gasteiger partial charge in [0, 0.05) is 43.7 Å². The summed E-state index contributed by atoms with van der Waals surface area (Å²) < 4.78 is 84.8. The van der Waals surface area contributed by atoms with E-state index in [9.17, 15) is 35.9 Å². The van der Waals surface area contributed by atoms with Gasteiger partial charge in [-0.1, -0.05) is 0 Å². The van der Waals surface area contributed by atoms with Gasteiger partial charge in [0.25, 0.3) is 5.91 Å². The van der Waals surface area contributed by atoms with E-state index in [1.807, 2.05) is 0 Å². The molecule has 0 bridgehead atoms. The molecule has 3 amide bonds. The number of hydrogen-bond donors (Lipinski definition) is 1. The van der Waals surface area contributed by atoms with Crippen LogP contribution in [-0.2, 0) is 30.4 Å². The zero-order chi connectivity index (χ0) is 27.1. The second-order valence-electron chi connectivity index (χ2n) is 9.12. The van der Waals surface area contributed by atoms with Crippen LogP contribution in [0.15, 0.2) is 18.2 Å². The van der Waals surface area contributed by atoms with E-state index in [1.165, 1.54) is 14.5 Å². The number of hydrogen-bond acceptors (Lipinski definition) is 4. The van der Waals surface area contributed by atoms with Crippen molar-refractivity contribution in [3.63, 3.8) is 0 Å². The highest BCUT2D eigenvalue weighted by molar-refractivity contribution is 5.95. The summed E-state index contributed by atoms with van der Waals surface area (Å²) in [7, 11) is 1.55. The number of nitrogens with zero attached hydrogens (tertiary/aromatic N) is 4. The lowest BCUT2D eigenvalue weighted by Gasteiger charge is -2.33. The Morgan fingerprint density at radius 3 is 2.68 bits per heavy atom. The van der Waals surface area contributed by atoms with E-state index in [0.717, 1.165) is 6.07 Å². The third kappa shape index (κ3) is 5.68. The number of urea groups is 1. The summed E-state index contributed by atoms with van der Waals surface area (Å²) in [5.74, 6) is -1.83. The number of amides is 3. The van der Waals surface area contributed by atoms with Crippen molar-refractivity contribution >= 4 is 17.6 Å². The zero-order valence-corrected chi connectivity index (χ0v) is 20.0. The highest BCUT2D eigenvalue weighted by Crippen LogP contribution is 2.34. The molecule has 2 aliphatic heterocycles. The predicted octanol–water partition coefficient (Wildman–Crippen LogP) is 4.15. The quantitative estimate of drug-likeness (QED) is 0.586. The molecule has 1 aromatic heterocycles. The van der Waals surface area contributed by atoms with Gasteiger partial charge in [-0.15, -0.1) is 0 Å². The van der Waals surface area contributed by atoms with Crippen LogP contribution in [0.4, 0.5) is 36.8 Å². The summed E-state index contributed by atoms with van der Waals surface area (Å²) >= 11 is 0. The lowest BCUT2D eigenvalue weighted by Crippen LogP contribution is -2.45. The Kier molecular flexibility index (Phi) is 7.40. The summed E-state index contributed by atoms with van der Waals surface area (Å²) in [4.78, 5) is 28.9. The maximum Gasteiger partial charge on any atom is 0.419 e. The molecule has 8 nitrogen and oxygen atoms in total. The van der Waals surface area contributed by atoms with E-state index < -0.39 is 48.6 Å². The maximum atomic E-state index is 13.6. The summed E-state index contributed by atoms with van der Waals surface area (Å²) in [5, 5.41) is 6.90. The van der Waals surface area contributed by atoms with E-state index in [0.29, 0.717) is 23.4 Å². The lowest BCUT2D eigenvalue weighted by atomic mass is 9.99. The summed E-state index contributed by atoms with van der Waals surface area (Å²) in [5.41, 5.74) is -0.412. The average molecular weight is 533 g/mol. The van der Waals surface area contributed by atoms with Gasteiger partial charge in [-0.05, 0) is 25.1 Å². The van der Waals surface area contributed by atoms with Crippen molar-refractivity contribution < 1.29 is 40.7 Å². The van der Waals surface area contributed by atoms with Crippen LogP contribution >= 0.6 is 0 Å². The Hall–Kier alpha value is -3.29. The van der Waals surface area contributed by atoms with Gasteiger partial charge in [0.2, 0.25) is 6.43 Å². The summed E-state index contributed by atoms with van der Waals surface area (Å²) in [6.45, 7) is 1.82. The van der Waals surface area contributed by atoms with Crippen molar-refractivity contribution in [3.8, 4) is 0 Å². The molecule has 0 saturated carbocycles. The lowest BCUT2D eigenvalue weighted by molar-refractivity contribution is -0.139. The molecule has 0 saturated heterocycles. The fraction of sp³-hybridized carbons (Fsp3) is 0.522. The van der Waals surface area contributed by atoms with Gasteiger partial charge in [-0.25, -0.2) is 18.0 Å². The number of aromatic nitrogens is 2. The number of carbonyl (C=O) groups is 2. The van der Waals surface area contributed by atoms with Crippen molar-refractivity contribution in [2.45, 2.75) is 57.6 Å². The number of anilines is 1. The highest BCUT2D eigenvalue weighted by Gasteiger charge is 2.38. The Morgan fingerprint density at radius 2 is 2.00 bits per heavy atom. The van der Waals surface area contributed by atoms with Crippen LogP contribution in [0.3, 0.4) is 0 Å². The number of nitrogens with one attached hydrogen (secondary N) is 1. The Labute approximate surface area is 208 Å². The molecule has 0 unspecified atom stereocenters. The van der Waals surface area contributed by atoms with Crippen LogP contribution in [-0.4, -0.2) is 70.3 Å². The number of rotatable bonds is 5. The van der Waals surface area contributed by atoms with Crippen LogP contribution in [0, 0.1) is 5.82 Å². The average Bonchev–Trinajstić information content (AvgIpc) is 3.08. The number of halogens is 6. The minimum absolute atomic E-state index is 0.0402. The van der Waals surface area contributed by atoms with Gasteiger partial charge in [0.15, 0.2) is 0 Å². The summed E-state index contributed by atoms with van der Waals surface area (Å²) in [6.07, 6.45) is -8.16. The first-order chi connectivity index (χ1) is 17.3. The maximum absolute atomic E-state index is 13.6. The molecule has 0 aliphatic carbocycles. The van der Waals surface area contributed by atoms with Crippen LogP contribution in [0.25, 0.3) is 0 Å². The van der Waals surface area contributed by atoms with Gasteiger partial charge in [0.05, 0.1) is 37.1 Å². The fourth-order valence-electron chi connectivity index (χ4n) is 4.50. The standard InChI is InChI=1S/C23H25F6N5O3/c1-12-7-18-15(11-33(12)22(36)30-13-3-4-17(24)16(8-13)23(27,28)29)20-21(35)32(2)9-14(10-34(20)31-18)37-6-5-19(25)26/h3-4,8,12,14,19H,5-7,9-11H2,1-2H3,(H,30,36)/t12-,14+/m1/s1. The monoisotopic (exact) mass is 533 g/mol. The number of alkyl halides is 5. The minimum atomic E-state index is -4.93. The predicted molar refractivity (Wildman–Crippen MR) is 119 cm³/mol. The molecule has 2 atom stereocenters. The van der Waals surface area contributed by atoms with Crippen molar-refractivity contribution in [3.05, 3.63) is 46.5 Å². The second-order valence-corrected chi connectivity index (χ2v) is 9.12. The molecule has 2 aromatic rings. The van der Waals surface area contributed by atoms with Crippen LogP contribution in [0.2, 0.25) is 0 Å². The number of fused-ring (bicyclic) bond motifs is 3. The zero-order valence-electron chi connectivity index (χ0n) is 20.0. The number of likely N-dealkylation sites (N-methyl/N-ethyl adjacent to an activating group) is 1. The fourth-order valence-corrected chi connectivity index (χ4v) is 4.50. The minimum Gasteiger partial charge on any atom is -0.374 e.